The second kappa shape index (κ2) is 3.90. The van der Waals surface area contributed by atoms with Crippen LogP contribution in [0.5, 0.6) is 0 Å². The van der Waals surface area contributed by atoms with Crippen LogP contribution in [-0.2, 0) is 0 Å². The van der Waals surface area contributed by atoms with E-state index in [2.05, 4.69) is 0 Å². The lowest BCUT2D eigenvalue weighted by Crippen LogP contribution is -2.06. The van der Waals surface area contributed by atoms with Crippen molar-refractivity contribution >= 4 is 16.6 Å². The molecular weight excluding hydrogens is 253 g/mol. The van der Waals surface area contributed by atoms with Crippen LogP contribution in [0, 0.1) is 5.82 Å². The molecule has 0 saturated heterocycles. The highest BCUT2D eigenvalue weighted by atomic mass is 19.1. The summed E-state index contributed by atoms with van der Waals surface area (Å²) in [5.74, 6) is -0.280. The largest absolute Gasteiger partial charge is 0.306 e. The SMILES string of the molecule is O=c1cc(-c2ccc(F)cc2)c2ccc3cccc1n32. The Morgan fingerprint density at radius 2 is 1.65 bits per heavy atom. The molecule has 0 aliphatic carbocycles. The third kappa shape index (κ3) is 1.46. The summed E-state index contributed by atoms with van der Waals surface area (Å²) in [6.07, 6.45) is 0. The molecular formula is C17H10FNO. The fraction of sp³-hybridized carbons (Fsp3) is 0. The lowest BCUT2D eigenvalue weighted by Gasteiger charge is -2.08. The van der Waals surface area contributed by atoms with Gasteiger partial charge in [0.25, 0.3) is 0 Å². The Bertz CT molecular complexity index is 970. The zero-order valence-electron chi connectivity index (χ0n) is 10.5. The molecule has 0 spiro atoms. The summed E-state index contributed by atoms with van der Waals surface area (Å²) in [6, 6.07) is 17.5. The van der Waals surface area contributed by atoms with Gasteiger partial charge in [-0.2, -0.15) is 0 Å². The molecule has 0 N–H and O–H groups in total. The summed E-state index contributed by atoms with van der Waals surface area (Å²) in [5.41, 5.74) is 4.25. The van der Waals surface area contributed by atoms with E-state index < -0.39 is 0 Å². The molecule has 1 aromatic carbocycles. The molecule has 0 saturated carbocycles. The Morgan fingerprint density at radius 3 is 2.45 bits per heavy atom. The van der Waals surface area contributed by atoms with Gasteiger partial charge in [0.1, 0.15) is 5.82 Å². The second-order valence-electron chi connectivity index (χ2n) is 4.82. The topological polar surface area (TPSA) is 21.5 Å². The quantitative estimate of drug-likeness (QED) is 0.513. The van der Waals surface area contributed by atoms with Crippen molar-refractivity contribution in [1.82, 2.24) is 4.40 Å². The van der Waals surface area contributed by atoms with Crippen molar-refractivity contribution in [2.75, 3.05) is 0 Å². The third-order valence-corrected chi connectivity index (χ3v) is 3.63. The first-order valence-corrected chi connectivity index (χ1v) is 6.37. The van der Waals surface area contributed by atoms with Crippen molar-refractivity contribution < 1.29 is 4.39 Å². The van der Waals surface area contributed by atoms with E-state index >= 15 is 0 Å². The molecule has 0 fully saturated rings. The van der Waals surface area contributed by atoms with Crippen LogP contribution in [0.3, 0.4) is 0 Å². The average Bonchev–Trinajstić information content (AvgIpc) is 2.89. The predicted octanol–water partition coefficient (Wildman–Crippen LogP) is 3.70. The zero-order chi connectivity index (χ0) is 13.7. The van der Waals surface area contributed by atoms with Gasteiger partial charge in [-0.05, 0) is 48.0 Å². The van der Waals surface area contributed by atoms with Crippen LogP contribution in [0.1, 0.15) is 0 Å². The van der Waals surface area contributed by atoms with Crippen LogP contribution in [-0.4, -0.2) is 4.40 Å². The highest BCUT2D eigenvalue weighted by Crippen LogP contribution is 2.27. The molecule has 96 valence electrons. The third-order valence-electron chi connectivity index (χ3n) is 3.63. The molecule has 0 bridgehead atoms. The lowest BCUT2D eigenvalue weighted by molar-refractivity contribution is 0.628. The highest BCUT2D eigenvalue weighted by Gasteiger charge is 2.11. The van der Waals surface area contributed by atoms with Crippen LogP contribution in [0.25, 0.3) is 27.7 Å². The monoisotopic (exact) mass is 263 g/mol. The van der Waals surface area contributed by atoms with Gasteiger partial charge in [-0.15, -0.1) is 0 Å². The minimum absolute atomic E-state index is 0.0291. The Hall–Kier alpha value is -2.68. The van der Waals surface area contributed by atoms with E-state index in [-0.39, 0.29) is 11.2 Å². The molecule has 20 heavy (non-hydrogen) atoms. The molecule has 0 amide bonds. The second-order valence-corrected chi connectivity index (χ2v) is 4.82. The lowest BCUT2D eigenvalue weighted by atomic mass is 10.0. The van der Waals surface area contributed by atoms with E-state index in [4.69, 9.17) is 0 Å². The first-order valence-electron chi connectivity index (χ1n) is 6.37. The molecule has 3 aromatic heterocycles. The van der Waals surface area contributed by atoms with Gasteiger partial charge in [-0.25, -0.2) is 4.39 Å². The fourth-order valence-electron chi connectivity index (χ4n) is 2.71. The van der Waals surface area contributed by atoms with Gasteiger partial charge in [0.05, 0.1) is 11.0 Å². The van der Waals surface area contributed by atoms with Crippen molar-refractivity contribution in [2.24, 2.45) is 0 Å². The number of aromatic nitrogens is 1. The maximum absolute atomic E-state index is 13.0. The summed E-state index contributed by atoms with van der Waals surface area (Å²) in [5, 5.41) is 0. The van der Waals surface area contributed by atoms with Crippen molar-refractivity contribution in [3.8, 4) is 11.1 Å². The van der Waals surface area contributed by atoms with Crippen LogP contribution < -0.4 is 5.43 Å². The van der Waals surface area contributed by atoms with Crippen LogP contribution in [0.4, 0.5) is 4.39 Å². The normalized spacial score (nSPS) is 11.4. The first kappa shape index (κ1) is 11.2. The maximum atomic E-state index is 13.0. The van der Waals surface area contributed by atoms with Gasteiger partial charge in [0.2, 0.25) is 5.43 Å². The van der Waals surface area contributed by atoms with E-state index in [1.807, 2.05) is 34.7 Å². The van der Waals surface area contributed by atoms with Gasteiger partial charge in [0, 0.05) is 11.1 Å². The highest BCUT2D eigenvalue weighted by molar-refractivity contribution is 5.87. The molecule has 0 radical (unpaired) electrons. The first-order chi connectivity index (χ1) is 9.74. The Balaban J connectivity index is 2.15. The molecule has 0 aliphatic rings. The van der Waals surface area contributed by atoms with Crippen LogP contribution in [0.15, 0.2) is 65.5 Å². The zero-order valence-corrected chi connectivity index (χ0v) is 10.5. The number of rotatable bonds is 1. The summed E-state index contributed by atoms with van der Waals surface area (Å²) >= 11 is 0. The molecule has 3 heterocycles. The molecule has 0 aliphatic heterocycles. The molecule has 4 rings (SSSR count). The summed E-state index contributed by atoms with van der Waals surface area (Å²) in [7, 11) is 0. The van der Waals surface area contributed by atoms with E-state index in [0.29, 0.717) is 5.52 Å². The Morgan fingerprint density at radius 1 is 0.850 bits per heavy atom. The average molecular weight is 263 g/mol. The molecule has 3 heteroatoms. The minimum atomic E-state index is -0.280. The van der Waals surface area contributed by atoms with Crippen molar-refractivity contribution in [3.05, 3.63) is 76.7 Å². The minimum Gasteiger partial charge on any atom is -0.306 e. The molecule has 0 atom stereocenters. The predicted molar refractivity (Wildman–Crippen MR) is 77.8 cm³/mol. The van der Waals surface area contributed by atoms with Crippen LogP contribution in [0.2, 0.25) is 0 Å². The number of benzene rings is 1. The maximum Gasteiger partial charge on any atom is 0.203 e. The number of nitrogens with zero attached hydrogens (tertiary/aromatic N) is 1. The smallest absolute Gasteiger partial charge is 0.203 e. The summed E-state index contributed by atoms with van der Waals surface area (Å²) in [6.45, 7) is 0. The molecule has 0 unspecified atom stereocenters. The van der Waals surface area contributed by atoms with Gasteiger partial charge < -0.3 is 4.40 Å². The standard InChI is InChI=1S/C17H10FNO/c18-12-6-4-11(5-7-12)14-10-17(20)16-3-1-2-13-8-9-15(14)19(13)16/h1-10H. The van der Waals surface area contributed by atoms with E-state index in [0.717, 1.165) is 22.2 Å². The van der Waals surface area contributed by atoms with Gasteiger partial charge >= 0.3 is 0 Å². The van der Waals surface area contributed by atoms with Crippen molar-refractivity contribution in [1.29, 1.82) is 0 Å². The Kier molecular flexibility index (Phi) is 2.18. The molecule has 4 aromatic rings. The number of hydrogen-bond acceptors (Lipinski definition) is 1. The van der Waals surface area contributed by atoms with Gasteiger partial charge in [-0.1, -0.05) is 18.2 Å². The molecule has 2 nitrogen and oxygen atoms in total. The summed E-state index contributed by atoms with van der Waals surface area (Å²) in [4.78, 5) is 12.2. The number of hydrogen-bond donors (Lipinski definition) is 0. The van der Waals surface area contributed by atoms with Gasteiger partial charge in [-0.3, -0.25) is 4.79 Å². The van der Waals surface area contributed by atoms with Crippen molar-refractivity contribution in [3.63, 3.8) is 0 Å². The van der Waals surface area contributed by atoms with E-state index in [1.165, 1.54) is 12.1 Å². The van der Waals surface area contributed by atoms with E-state index in [9.17, 15) is 9.18 Å². The van der Waals surface area contributed by atoms with Gasteiger partial charge in [0.15, 0.2) is 0 Å². The van der Waals surface area contributed by atoms with Crippen molar-refractivity contribution in [2.45, 2.75) is 0 Å². The number of pyridine rings is 2. The summed E-state index contributed by atoms with van der Waals surface area (Å²) < 4.78 is 15.0. The number of halogens is 1. The van der Waals surface area contributed by atoms with Crippen LogP contribution >= 0.6 is 0 Å². The van der Waals surface area contributed by atoms with E-state index in [1.54, 1.807) is 18.2 Å². The Labute approximate surface area is 114 Å². The fourth-order valence-corrected chi connectivity index (χ4v) is 2.71.